The summed E-state index contributed by atoms with van der Waals surface area (Å²) < 4.78 is 11.6. The van der Waals surface area contributed by atoms with Crippen molar-refractivity contribution in [2.75, 3.05) is 20.2 Å². The molecule has 2 aromatic carbocycles. The molecule has 0 aliphatic carbocycles. The molecule has 0 amide bonds. The number of fused-ring (bicyclic) bond motifs is 1. The fourth-order valence-electron chi connectivity index (χ4n) is 3.34. The van der Waals surface area contributed by atoms with Crippen LogP contribution in [0, 0.1) is 0 Å². The van der Waals surface area contributed by atoms with Gasteiger partial charge in [-0.1, -0.05) is 12.1 Å². The molecule has 2 heterocycles. The fraction of sp³-hybridized carbons (Fsp3) is 0.286. The highest BCUT2D eigenvalue weighted by atomic mass is 16.5. The van der Waals surface area contributed by atoms with Gasteiger partial charge < -0.3 is 9.47 Å². The molecule has 0 spiro atoms. The Balaban J connectivity index is 1.60. The molecule has 1 fully saturated rings. The lowest BCUT2D eigenvalue weighted by Crippen LogP contribution is -2.18. The van der Waals surface area contributed by atoms with Crippen molar-refractivity contribution in [3.63, 3.8) is 0 Å². The number of nitrogens with zero attached hydrogens (tertiary/aromatic N) is 2. The van der Waals surface area contributed by atoms with Gasteiger partial charge in [0, 0.05) is 18.1 Å². The van der Waals surface area contributed by atoms with Gasteiger partial charge in [0.2, 0.25) is 0 Å². The molecule has 3 aromatic rings. The molecule has 25 heavy (non-hydrogen) atoms. The van der Waals surface area contributed by atoms with Crippen LogP contribution in [-0.4, -0.2) is 30.1 Å². The molecular formula is C21H22N2O2. The summed E-state index contributed by atoms with van der Waals surface area (Å²) in [6.45, 7) is 3.32. The molecule has 1 aromatic heterocycles. The van der Waals surface area contributed by atoms with E-state index >= 15 is 0 Å². The summed E-state index contributed by atoms with van der Waals surface area (Å²) in [5.41, 5.74) is 2.21. The zero-order chi connectivity index (χ0) is 17.1. The van der Waals surface area contributed by atoms with Crippen LogP contribution in [0.1, 0.15) is 18.4 Å². The number of hydrogen-bond acceptors (Lipinski definition) is 4. The Labute approximate surface area is 148 Å². The van der Waals surface area contributed by atoms with Crippen LogP contribution < -0.4 is 9.47 Å². The highest BCUT2D eigenvalue weighted by Gasteiger charge is 2.14. The van der Waals surface area contributed by atoms with E-state index in [1.165, 1.54) is 31.5 Å². The fourth-order valence-corrected chi connectivity index (χ4v) is 3.34. The van der Waals surface area contributed by atoms with Gasteiger partial charge >= 0.3 is 0 Å². The number of pyridine rings is 1. The quantitative estimate of drug-likeness (QED) is 0.681. The molecule has 4 rings (SSSR count). The van der Waals surface area contributed by atoms with Crippen LogP contribution >= 0.6 is 0 Å². The van der Waals surface area contributed by atoms with Gasteiger partial charge in [-0.2, -0.15) is 0 Å². The molecule has 0 N–H and O–H groups in total. The average molecular weight is 334 g/mol. The number of hydrogen-bond donors (Lipinski definition) is 0. The van der Waals surface area contributed by atoms with Crippen molar-refractivity contribution in [3.05, 3.63) is 60.3 Å². The summed E-state index contributed by atoms with van der Waals surface area (Å²) in [6.07, 6.45) is 4.39. The van der Waals surface area contributed by atoms with Crippen molar-refractivity contribution < 1.29 is 9.47 Å². The molecule has 1 aliphatic heterocycles. The number of ether oxygens (including phenoxy) is 2. The van der Waals surface area contributed by atoms with E-state index < -0.39 is 0 Å². The first-order valence-corrected chi connectivity index (χ1v) is 8.74. The second-order valence-corrected chi connectivity index (χ2v) is 6.43. The smallest absolute Gasteiger partial charge is 0.169 e. The van der Waals surface area contributed by atoms with Crippen LogP contribution in [0.2, 0.25) is 0 Å². The molecule has 0 atom stereocenters. The van der Waals surface area contributed by atoms with E-state index in [-0.39, 0.29) is 0 Å². The summed E-state index contributed by atoms with van der Waals surface area (Å²) in [7, 11) is 1.67. The summed E-state index contributed by atoms with van der Waals surface area (Å²) in [5.74, 6) is 2.29. The molecule has 4 nitrogen and oxygen atoms in total. The van der Waals surface area contributed by atoms with E-state index in [1.807, 2.05) is 36.4 Å². The van der Waals surface area contributed by atoms with Crippen molar-refractivity contribution in [2.24, 2.45) is 0 Å². The lowest BCUT2D eigenvalue weighted by atomic mass is 10.2. The minimum atomic E-state index is 0.747. The number of aromatic nitrogens is 1. The summed E-state index contributed by atoms with van der Waals surface area (Å²) in [5, 5.41) is 1.06. The maximum Gasteiger partial charge on any atom is 0.169 e. The molecule has 0 radical (unpaired) electrons. The SMILES string of the molecule is COc1ccc(CN2CCCC2)cc1Oc1ccc2ncccc2c1. The van der Waals surface area contributed by atoms with Gasteiger partial charge in [-0.3, -0.25) is 9.88 Å². The minimum absolute atomic E-state index is 0.747. The zero-order valence-electron chi connectivity index (χ0n) is 14.4. The Morgan fingerprint density at radius 2 is 1.88 bits per heavy atom. The normalized spacial score (nSPS) is 14.8. The van der Waals surface area contributed by atoms with Gasteiger partial charge in [-0.15, -0.1) is 0 Å². The molecule has 0 unspecified atom stereocenters. The number of methoxy groups -OCH3 is 1. The van der Waals surface area contributed by atoms with Gasteiger partial charge in [0.25, 0.3) is 0 Å². The first-order valence-electron chi connectivity index (χ1n) is 8.74. The maximum absolute atomic E-state index is 6.14. The van der Waals surface area contributed by atoms with Crippen LogP contribution in [0.25, 0.3) is 10.9 Å². The molecule has 128 valence electrons. The van der Waals surface area contributed by atoms with Crippen molar-refractivity contribution in [3.8, 4) is 17.2 Å². The highest BCUT2D eigenvalue weighted by Crippen LogP contribution is 2.34. The molecule has 0 saturated carbocycles. The predicted molar refractivity (Wildman–Crippen MR) is 99.3 cm³/mol. The summed E-state index contributed by atoms with van der Waals surface area (Å²) >= 11 is 0. The van der Waals surface area contributed by atoms with Gasteiger partial charge in [-0.25, -0.2) is 0 Å². The Bertz CT molecular complexity index is 873. The van der Waals surface area contributed by atoms with E-state index in [4.69, 9.17) is 9.47 Å². The third-order valence-electron chi connectivity index (χ3n) is 4.64. The number of likely N-dealkylation sites (tertiary alicyclic amines) is 1. The van der Waals surface area contributed by atoms with Gasteiger partial charge in [-0.05, 0) is 67.9 Å². The Kier molecular flexibility index (Phi) is 4.53. The number of rotatable bonds is 5. The molecule has 4 heteroatoms. The maximum atomic E-state index is 6.14. The van der Waals surface area contributed by atoms with E-state index in [1.54, 1.807) is 13.3 Å². The molecule has 1 aliphatic rings. The lowest BCUT2D eigenvalue weighted by Gasteiger charge is -2.17. The van der Waals surface area contributed by atoms with Crippen LogP contribution in [-0.2, 0) is 6.54 Å². The van der Waals surface area contributed by atoms with Crippen molar-refractivity contribution in [1.82, 2.24) is 9.88 Å². The Hall–Kier alpha value is -2.59. The second-order valence-electron chi connectivity index (χ2n) is 6.43. The predicted octanol–water partition coefficient (Wildman–Crippen LogP) is 4.63. The van der Waals surface area contributed by atoms with Gasteiger partial charge in [0.05, 0.1) is 12.6 Å². The molecule has 1 saturated heterocycles. The average Bonchev–Trinajstić information content (AvgIpc) is 3.15. The molecular weight excluding hydrogens is 312 g/mol. The van der Waals surface area contributed by atoms with Crippen molar-refractivity contribution >= 4 is 10.9 Å². The van der Waals surface area contributed by atoms with Crippen LogP contribution in [0.3, 0.4) is 0 Å². The van der Waals surface area contributed by atoms with E-state index in [9.17, 15) is 0 Å². The van der Waals surface area contributed by atoms with E-state index in [2.05, 4.69) is 22.0 Å². The van der Waals surface area contributed by atoms with Gasteiger partial charge in [0.15, 0.2) is 11.5 Å². The third kappa shape index (κ3) is 3.59. The van der Waals surface area contributed by atoms with Crippen LogP contribution in [0.15, 0.2) is 54.7 Å². The first-order chi connectivity index (χ1) is 12.3. The zero-order valence-corrected chi connectivity index (χ0v) is 14.4. The first kappa shape index (κ1) is 15.9. The van der Waals surface area contributed by atoms with E-state index in [0.29, 0.717) is 0 Å². The minimum Gasteiger partial charge on any atom is -0.493 e. The Morgan fingerprint density at radius 3 is 2.72 bits per heavy atom. The Morgan fingerprint density at radius 1 is 1.00 bits per heavy atom. The molecule has 0 bridgehead atoms. The van der Waals surface area contributed by atoms with Crippen LogP contribution in [0.5, 0.6) is 17.2 Å². The third-order valence-corrected chi connectivity index (χ3v) is 4.64. The topological polar surface area (TPSA) is 34.6 Å². The monoisotopic (exact) mass is 334 g/mol. The van der Waals surface area contributed by atoms with Crippen molar-refractivity contribution in [1.29, 1.82) is 0 Å². The van der Waals surface area contributed by atoms with Crippen LogP contribution in [0.4, 0.5) is 0 Å². The lowest BCUT2D eigenvalue weighted by molar-refractivity contribution is 0.329. The van der Waals surface area contributed by atoms with Crippen molar-refractivity contribution in [2.45, 2.75) is 19.4 Å². The second kappa shape index (κ2) is 7.11. The standard InChI is InChI=1S/C21H22N2O2/c1-24-20-9-6-16(15-23-11-2-3-12-23)13-21(20)25-18-7-8-19-17(14-18)5-4-10-22-19/h4-10,13-14H,2-3,11-12,15H2,1H3. The summed E-state index contributed by atoms with van der Waals surface area (Å²) in [4.78, 5) is 6.83. The van der Waals surface area contributed by atoms with Gasteiger partial charge in [0.1, 0.15) is 5.75 Å². The van der Waals surface area contributed by atoms with E-state index in [0.717, 1.165) is 34.7 Å². The highest BCUT2D eigenvalue weighted by molar-refractivity contribution is 5.79. The number of benzene rings is 2. The summed E-state index contributed by atoms with van der Waals surface area (Å²) in [6, 6.07) is 16.1. The largest absolute Gasteiger partial charge is 0.493 e.